The molecule has 2 atom stereocenters. The van der Waals surface area contributed by atoms with Gasteiger partial charge >= 0.3 is 17.3 Å². The maximum Gasteiger partial charge on any atom is 0.356 e. The van der Waals surface area contributed by atoms with Crippen LogP contribution in [0.4, 0.5) is 0 Å². The summed E-state index contributed by atoms with van der Waals surface area (Å²) in [4.78, 5) is 37.7. The molecule has 0 unspecified atom stereocenters. The second-order valence-electron chi connectivity index (χ2n) is 5.80. The van der Waals surface area contributed by atoms with Crippen molar-refractivity contribution < 1.29 is 9.53 Å². The molecular formula is C17H15N3O4. The Hall–Kier alpha value is -3.09. The third kappa shape index (κ3) is 1.94. The largest absolute Gasteiger partial charge is 0.466 e. The van der Waals surface area contributed by atoms with E-state index in [0.717, 1.165) is 4.57 Å². The third-order valence-corrected chi connectivity index (χ3v) is 4.48. The summed E-state index contributed by atoms with van der Waals surface area (Å²) in [6, 6.07) is 8.46. The molecule has 0 fully saturated rings. The standard InChI is InChI=1S/C17H15N3O4/c1-24-15(21)14-10-18-16(22)19(12-5-3-2-4-6-12)17(23)20(18)13-8-7-11(14)9-13/h2-8,10-11,13H,9H2,1H3/t11-,13+/m0/s1. The van der Waals surface area contributed by atoms with Crippen molar-refractivity contribution in [2.75, 3.05) is 7.11 Å². The molecule has 7 nitrogen and oxygen atoms in total. The number of hydrogen-bond donors (Lipinski definition) is 0. The fourth-order valence-electron chi connectivity index (χ4n) is 3.33. The molecule has 2 bridgehead atoms. The quantitative estimate of drug-likeness (QED) is 0.608. The van der Waals surface area contributed by atoms with Gasteiger partial charge in [0.25, 0.3) is 0 Å². The van der Waals surface area contributed by atoms with Crippen LogP contribution >= 0.6 is 0 Å². The Morgan fingerprint density at radius 2 is 1.88 bits per heavy atom. The molecule has 4 rings (SSSR count). The molecule has 1 aromatic heterocycles. The van der Waals surface area contributed by atoms with Crippen LogP contribution in [0.15, 0.2) is 57.6 Å². The summed E-state index contributed by atoms with van der Waals surface area (Å²) in [5.41, 5.74) is -0.0700. The van der Waals surface area contributed by atoms with E-state index in [1.54, 1.807) is 24.3 Å². The summed E-state index contributed by atoms with van der Waals surface area (Å²) < 4.78 is 8.54. The Labute approximate surface area is 136 Å². The normalized spacial score (nSPS) is 21.1. The summed E-state index contributed by atoms with van der Waals surface area (Å²) in [6.45, 7) is 0. The van der Waals surface area contributed by atoms with Gasteiger partial charge in [0.1, 0.15) is 0 Å². The van der Waals surface area contributed by atoms with Crippen LogP contribution in [0.5, 0.6) is 0 Å². The number of nitrogens with zero attached hydrogens (tertiary/aromatic N) is 3. The highest BCUT2D eigenvalue weighted by Crippen LogP contribution is 2.34. The van der Waals surface area contributed by atoms with Gasteiger partial charge in [0.2, 0.25) is 0 Å². The molecule has 1 aromatic carbocycles. The zero-order valence-electron chi connectivity index (χ0n) is 13.0. The van der Waals surface area contributed by atoms with Gasteiger partial charge < -0.3 is 4.74 Å². The lowest BCUT2D eigenvalue weighted by Crippen LogP contribution is -2.28. The number of methoxy groups -OCH3 is 1. The zero-order chi connectivity index (χ0) is 16.8. The van der Waals surface area contributed by atoms with Crippen molar-refractivity contribution >= 4 is 12.2 Å². The summed E-state index contributed by atoms with van der Waals surface area (Å²) in [5, 5.41) is 0. The Kier molecular flexibility index (Phi) is 3.16. The molecule has 24 heavy (non-hydrogen) atoms. The van der Waals surface area contributed by atoms with Gasteiger partial charge in [-0.15, -0.1) is 0 Å². The second kappa shape index (κ2) is 5.23. The minimum Gasteiger partial charge on any atom is -0.466 e. The molecule has 0 saturated heterocycles. The van der Waals surface area contributed by atoms with Gasteiger partial charge in [0, 0.05) is 12.1 Å². The van der Waals surface area contributed by atoms with E-state index in [1.807, 2.05) is 18.2 Å². The van der Waals surface area contributed by atoms with Crippen molar-refractivity contribution in [1.82, 2.24) is 13.9 Å². The number of carbonyl (C=O) groups excluding carboxylic acids is 1. The monoisotopic (exact) mass is 325 g/mol. The first-order chi connectivity index (χ1) is 11.6. The first-order valence-electron chi connectivity index (χ1n) is 7.61. The maximum atomic E-state index is 12.8. The molecule has 122 valence electrons. The summed E-state index contributed by atoms with van der Waals surface area (Å²) >= 11 is 0. The van der Waals surface area contributed by atoms with Crippen LogP contribution < -0.4 is 11.4 Å². The smallest absolute Gasteiger partial charge is 0.356 e. The lowest BCUT2D eigenvalue weighted by atomic mass is 9.99. The van der Waals surface area contributed by atoms with Gasteiger partial charge in [-0.05, 0) is 18.6 Å². The lowest BCUT2D eigenvalue weighted by Gasteiger charge is -2.10. The molecule has 1 aliphatic carbocycles. The van der Waals surface area contributed by atoms with Crippen molar-refractivity contribution in [3.8, 4) is 5.69 Å². The van der Waals surface area contributed by atoms with E-state index in [2.05, 4.69) is 0 Å². The first kappa shape index (κ1) is 14.5. The topological polar surface area (TPSA) is 75.2 Å². The number of allylic oxidation sites excluding steroid dienone is 2. The van der Waals surface area contributed by atoms with Crippen LogP contribution in [0, 0.1) is 5.92 Å². The number of benzene rings is 1. The Morgan fingerprint density at radius 3 is 2.58 bits per heavy atom. The molecule has 2 aromatic rings. The number of rotatable bonds is 2. The van der Waals surface area contributed by atoms with Gasteiger partial charge in [-0.3, -0.25) is 0 Å². The SMILES string of the molecule is COC(=O)C1=Cn2c(=O)n(-c3ccccc3)c(=O)n2[C@@H]2C=C[C@H]1C2. The van der Waals surface area contributed by atoms with E-state index in [-0.39, 0.29) is 12.0 Å². The molecule has 2 aliphatic rings. The number of carbonyl (C=O) groups is 1. The Balaban J connectivity index is 2.01. The number of esters is 1. The highest BCUT2D eigenvalue weighted by atomic mass is 16.5. The van der Waals surface area contributed by atoms with Crippen LogP contribution in [0.3, 0.4) is 0 Å². The summed E-state index contributed by atoms with van der Waals surface area (Å²) in [6.07, 6.45) is 5.71. The van der Waals surface area contributed by atoms with E-state index < -0.39 is 17.3 Å². The van der Waals surface area contributed by atoms with Gasteiger partial charge in [0.15, 0.2) is 0 Å². The van der Waals surface area contributed by atoms with Crippen LogP contribution in [-0.4, -0.2) is 27.0 Å². The van der Waals surface area contributed by atoms with Crippen molar-refractivity contribution in [1.29, 1.82) is 0 Å². The molecule has 0 spiro atoms. The van der Waals surface area contributed by atoms with Crippen LogP contribution in [0.1, 0.15) is 12.5 Å². The van der Waals surface area contributed by atoms with Gasteiger partial charge in [0.05, 0.1) is 24.4 Å². The van der Waals surface area contributed by atoms with Crippen molar-refractivity contribution in [2.24, 2.45) is 5.92 Å². The molecule has 7 heteroatoms. The van der Waals surface area contributed by atoms with Gasteiger partial charge in [-0.1, -0.05) is 30.4 Å². The average molecular weight is 325 g/mol. The van der Waals surface area contributed by atoms with E-state index in [4.69, 9.17) is 4.74 Å². The maximum absolute atomic E-state index is 12.8. The first-order valence-corrected chi connectivity index (χ1v) is 7.61. The third-order valence-electron chi connectivity index (χ3n) is 4.48. The van der Waals surface area contributed by atoms with E-state index in [0.29, 0.717) is 17.7 Å². The molecule has 0 N–H and O–H groups in total. The molecular weight excluding hydrogens is 310 g/mol. The number of aromatic nitrogens is 3. The number of para-hydroxylation sites is 1. The molecule has 2 heterocycles. The fraction of sp³-hybridized carbons (Fsp3) is 0.235. The summed E-state index contributed by atoms with van der Waals surface area (Å²) in [7, 11) is 1.30. The van der Waals surface area contributed by atoms with Crippen LogP contribution in [0.25, 0.3) is 11.9 Å². The lowest BCUT2D eigenvalue weighted by molar-refractivity contribution is -0.136. The average Bonchev–Trinajstić information content (AvgIpc) is 3.09. The van der Waals surface area contributed by atoms with E-state index >= 15 is 0 Å². The highest BCUT2D eigenvalue weighted by Gasteiger charge is 2.34. The van der Waals surface area contributed by atoms with Crippen molar-refractivity contribution in [2.45, 2.75) is 12.5 Å². The minimum atomic E-state index is -0.506. The Bertz CT molecular complexity index is 991. The Morgan fingerprint density at radius 1 is 1.12 bits per heavy atom. The number of fused-ring (bicyclic) bond motifs is 4. The molecule has 0 radical (unpaired) electrons. The number of ether oxygens (including phenoxy) is 1. The van der Waals surface area contributed by atoms with Crippen LogP contribution in [0.2, 0.25) is 0 Å². The highest BCUT2D eigenvalue weighted by molar-refractivity contribution is 5.92. The predicted octanol–water partition coefficient (Wildman–Crippen LogP) is 0.945. The number of hydrogen-bond acceptors (Lipinski definition) is 4. The van der Waals surface area contributed by atoms with Crippen molar-refractivity contribution in [3.63, 3.8) is 0 Å². The van der Waals surface area contributed by atoms with Gasteiger partial charge in [-0.25, -0.2) is 28.3 Å². The van der Waals surface area contributed by atoms with Crippen LogP contribution in [-0.2, 0) is 9.53 Å². The zero-order valence-corrected chi connectivity index (χ0v) is 13.0. The molecule has 0 amide bonds. The van der Waals surface area contributed by atoms with E-state index in [9.17, 15) is 14.4 Å². The van der Waals surface area contributed by atoms with E-state index in [1.165, 1.54) is 22.7 Å². The molecule has 0 saturated carbocycles. The predicted molar refractivity (Wildman–Crippen MR) is 86.9 cm³/mol. The van der Waals surface area contributed by atoms with Crippen molar-refractivity contribution in [3.05, 3.63) is 69.0 Å². The van der Waals surface area contributed by atoms with Gasteiger partial charge in [-0.2, -0.15) is 0 Å². The second-order valence-corrected chi connectivity index (χ2v) is 5.80. The minimum absolute atomic E-state index is 0.154. The molecule has 1 aliphatic heterocycles. The fourth-order valence-corrected chi connectivity index (χ4v) is 3.33. The summed E-state index contributed by atoms with van der Waals surface area (Å²) in [5.74, 6) is -0.649.